The van der Waals surface area contributed by atoms with E-state index in [0.29, 0.717) is 13.0 Å². The Morgan fingerprint density at radius 1 is 1.53 bits per heavy atom. The summed E-state index contributed by atoms with van der Waals surface area (Å²) in [5.41, 5.74) is 7.38. The summed E-state index contributed by atoms with van der Waals surface area (Å²) in [6, 6.07) is 6.73. The molecule has 0 aromatic heterocycles. The standard InChI is InChI=1S/C11H15NO3/c1-15-7-9-4-2-3-8(5-9)6-10(12)11(13)14/h2-5,10H,6-7,12H2,1H3,(H,13,14). The molecule has 3 N–H and O–H groups in total. The number of aliphatic carboxylic acids is 1. The van der Waals surface area contributed by atoms with Crippen molar-refractivity contribution < 1.29 is 14.6 Å². The Labute approximate surface area is 88.7 Å². The number of nitrogens with two attached hydrogens (primary N) is 1. The number of rotatable bonds is 5. The average Bonchev–Trinajstić information content (AvgIpc) is 2.18. The lowest BCUT2D eigenvalue weighted by atomic mass is 10.0. The van der Waals surface area contributed by atoms with E-state index in [-0.39, 0.29) is 0 Å². The fourth-order valence-electron chi connectivity index (χ4n) is 1.35. The molecule has 4 nitrogen and oxygen atoms in total. The van der Waals surface area contributed by atoms with Crippen LogP contribution in [0.5, 0.6) is 0 Å². The molecule has 0 aliphatic heterocycles. The molecule has 0 amide bonds. The smallest absolute Gasteiger partial charge is 0.320 e. The molecule has 0 heterocycles. The average molecular weight is 209 g/mol. The van der Waals surface area contributed by atoms with Crippen LogP contribution in [0.3, 0.4) is 0 Å². The van der Waals surface area contributed by atoms with Gasteiger partial charge in [-0.15, -0.1) is 0 Å². The van der Waals surface area contributed by atoms with Gasteiger partial charge in [-0.25, -0.2) is 0 Å². The minimum Gasteiger partial charge on any atom is -0.480 e. The molecule has 0 saturated carbocycles. The van der Waals surface area contributed by atoms with Crippen molar-refractivity contribution >= 4 is 5.97 Å². The summed E-state index contributed by atoms with van der Waals surface area (Å²) in [5.74, 6) is -0.979. The highest BCUT2D eigenvalue weighted by atomic mass is 16.5. The zero-order valence-electron chi connectivity index (χ0n) is 8.64. The summed E-state index contributed by atoms with van der Waals surface area (Å²) in [6.45, 7) is 0.524. The van der Waals surface area contributed by atoms with Gasteiger partial charge in [0.15, 0.2) is 0 Å². The van der Waals surface area contributed by atoms with E-state index in [1.807, 2.05) is 24.3 Å². The first-order chi connectivity index (χ1) is 7.13. The fraction of sp³-hybridized carbons (Fsp3) is 0.364. The largest absolute Gasteiger partial charge is 0.480 e. The normalized spacial score (nSPS) is 12.4. The van der Waals surface area contributed by atoms with Crippen LogP contribution >= 0.6 is 0 Å². The first-order valence-corrected chi connectivity index (χ1v) is 4.68. The molecule has 0 radical (unpaired) electrons. The lowest BCUT2D eigenvalue weighted by Gasteiger charge is -2.07. The van der Waals surface area contributed by atoms with E-state index in [0.717, 1.165) is 11.1 Å². The second kappa shape index (κ2) is 5.48. The van der Waals surface area contributed by atoms with E-state index in [1.165, 1.54) is 0 Å². The minimum absolute atomic E-state index is 0.340. The van der Waals surface area contributed by atoms with Crippen LogP contribution in [-0.4, -0.2) is 24.2 Å². The third-order valence-corrected chi connectivity index (χ3v) is 2.08. The Balaban J connectivity index is 2.68. The number of carboxylic acids is 1. The molecule has 1 rings (SSSR count). The van der Waals surface area contributed by atoms with Crippen molar-refractivity contribution in [2.24, 2.45) is 5.73 Å². The SMILES string of the molecule is COCc1cccc(CC(N)C(=O)O)c1. The van der Waals surface area contributed by atoms with Crippen molar-refractivity contribution in [2.75, 3.05) is 7.11 Å². The van der Waals surface area contributed by atoms with Gasteiger partial charge in [0.05, 0.1) is 6.61 Å². The lowest BCUT2D eigenvalue weighted by molar-refractivity contribution is -0.138. The molecule has 82 valence electrons. The molecule has 15 heavy (non-hydrogen) atoms. The van der Waals surface area contributed by atoms with Gasteiger partial charge in [0.1, 0.15) is 6.04 Å². The third kappa shape index (κ3) is 3.69. The van der Waals surface area contributed by atoms with Crippen LogP contribution in [0.4, 0.5) is 0 Å². The van der Waals surface area contributed by atoms with E-state index < -0.39 is 12.0 Å². The van der Waals surface area contributed by atoms with Crippen LogP contribution in [0.2, 0.25) is 0 Å². The van der Waals surface area contributed by atoms with Gasteiger partial charge in [-0.2, -0.15) is 0 Å². The van der Waals surface area contributed by atoms with Crippen molar-refractivity contribution in [3.8, 4) is 0 Å². The van der Waals surface area contributed by atoms with Gasteiger partial charge >= 0.3 is 5.97 Å². The molecule has 0 saturated heterocycles. The zero-order valence-corrected chi connectivity index (χ0v) is 8.64. The molecular formula is C11H15NO3. The number of hydrogen-bond acceptors (Lipinski definition) is 3. The maximum Gasteiger partial charge on any atom is 0.320 e. The number of hydrogen-bond donors (Lipinski definition) is 2. The predicted octanol–water partition coefficient (Wildman–Crippen LogP) is 0.787. The van der Waals surface area contributed by atoms with E-state index in [4.69, 9.17) is 15.6 Å². The summed E-state index contributed by atoms with van der Waals surface area (Å²) < 4.78 is 4.99. The number of carbonyl (C=O) groups is 1. The first-order valence-electron chi connectivity index (χ1n) is 4.68. The van der Waals surface area contributed by atoms with Gasteiger partial charge in [0, 0.05) is 7.11 Å². The van der Waals surface area contributed by atoms with E-state index in [1.54, 1.807) is 7.11 Å². The minimum atomic E-state index is -0.979. The van der Waals surface area contributed by atoms with Crippen LogP contribution in [0.15, 0.2) is 24.3 Å². The monoisotopic (exact) mass is 209 g/mol. The van der Waals surface area contributed by atoms with Gasteiger partial charge in [-0.05, 0) is 17.5 Å². The maximum atomic E-state index is 10.6. The van der Waals surface area contributed by atoms with E-state index >= 15 is 0 Å². The highest BCUT2D eigenvalue weighted by molar-refractivity contribution is 5.73. The summed E-state index contributed by atoms with van der Waals surface area (Å²) >= 11 is 0. The Morgan fingerprint density at radius 2 is 2.20 bits per heavy atom. The molecule has 1 atom stereocenters. The topological polar surface area (TPSA) is 72.5 Å². The molecule has 4 heteroatoms. The highest BCUT2D eigenvalue weighted by Crippen LogP contribution is 2.08. The molecule has 1 unspecified atom stereocenters. The molecule has 0 aliphatic rings. The summed E-state index contributed by atoms with van der Waals surface area (Å²) in [6.07, 6.45) is 0.340. The quantitative estimate of drug-likeness (QED) is 0.752. The number of carboxylic acid groups (broad SMARTS) is 1. The van der Waals surface area contributed by atoms with Crippen LogP contribution < -0.4 is 5.73 Å². The summed E-state index contributed by atoms with van der Waals surface area (Å²) in [4.78, 5) is 10.6. The fourth-order valence-corrected chi connectivity index (χ4v) is 1.35. The van der Waals surface area contributed by atoms with Crippen LogP contribution in [-0.2, 0) is 22.6 Å². The molecule has 0 aliphatic carbocycles. The van der Waals surface area contributed by atoms with Crippen LogP contribution in [0.25, 0.3) is 0 Å². The molecule has 1 aromatic carbocycles. The van der Waals surface area contributed by atoms with Crippen molar-refractivity contribution in [1.82, 2.24) is 0 Å². The first kappa shape index (κ1) is 11.7. The van der Waals surface area contributed by atoms with E-state index in [9.17, 15) is 4.79 Å². The summed E-state index contributed by atoms with van der Waals surface area (Å²) in [7, 11) is 1.62. The van der Waals surface area contributed by atoms with Crippen LogP contribution in [0, 0.1) is 0 Å². The maximum absolute atomic E-state index is 10.6. The molecule has 0 spiro atoms. The van der Waals surface area contributed by atoms with E-state index in [2.05, 4.69) is 0 Å². The van der Waals surface area contributed by atoms with Crippen LogP contribution in [0.1, 0.15) is 11.1 Å². The lowest BCUT2D eigenvalue weighted by Crippen LogP contribution is -2.32. The second-order valence-corrected chi connectivity index (χ2v) is 3.40. The molecule has 0 fully saturated rings. The zero-order chi connectivity index (χ0) is 11.3. The predicted molar refractivity (Wildman–Crippen MR) is 56.5 cm³/mol. The van der Waals surface area contributed by atoms with Gasteiger partial charge < -0.3 is 15.6 Å². The van der Waals surface area contributed by atoms with Crippen molar-refractivity contribution in [3.63, 3.8) is 0 Å². The summed E-state index contributed by atoms with van der Waals surface area (Å²) in [5, 5.41) is 8.67. The second-order valence-electron chi connectivity index (χ2n) is 3.40. The van der Waals surface area contributed by atoms with Gasteiger partial charge in [-0.3, -0.25) is 4.79 Å². The number of ether oxygens (including phenoxy) is 1. The Kier molecular flexibility index (Phi) is 4.27. The van der Waals surface area contributed by atoms with Gasteiger partial charge in [0.25, 0.3) is 0 Å². The Hall–Kier alpha value is -1.39. The van der Waals surface area contributed by atoms with Crippen molar-refractivity contribution in [1.29, 1.82) is 0 Å². The third-order valence-electron chi connectivity index (χ3n) is 2.08. The van der Waals surface area contributed by atoms with Gasteiger partial charge in [-0.1, -0.05) is 24.3 Å². The van der Waals surface area contributed by atoms with Crippen molar-refractivity contribution in [3.05, 3.63) is 35.4 Å². The van der Waals surface area contributed by atoms with Crippen molar-refractivity contribution in [2.45, 2.75) is 19.1 Å². The highest BCUT2D eigenvalue weighted by Gasteiger charge is 2.11. The number of benzene rings is 1. The molecule has 0 bridgehead atoms. The Bertz CT molecular complexity index is 338. The molecule has 1 aromatic rings. The molecular weight excluding hydrogens is 194 g/mol. The Morgan fingerprint density at radius 3 is 2.80 bits per heavy atom. The van der Waals surface area contributed by atoms with Gasteiger partial charge in [0.2, 0.25) is 0 Å². The number of methoxy groups -OCH3 is 1.